The molecule has 0 amide bonds. The van der Waals surface area contributed by atoms with Crippen molar-refractivity contribution in [3.8, 4) is 5.82 Å². The van der Waals surface area contributed by atoms with Crippen LogP contribution < -0.4 is 10.6 Å². The minimum absolute atomic E-state index is 0.606. The van der Waals surface area contributed by atoms with Gasteiger partial charge in [-0.2, -0.15) is 5.10 Å². The SMILES string of the molecule is Nc1c(N2CCCC(N3CCCCCC3)C2)ncnc1-n1cccn1. The summed E-state index contributed by atoms with van der Waals surface area (Å²) in [6, 6.07) is 2.48. The number of nitrogens with zero attached hydrogens (tertiary/aromatic N) is 6. The average molecular weight is 341 g/mol. The third-order valence-corrected chi connectivity index (χ3v) is 5.42. The largest absolute Gasteiger partial charge is 0.393 e. The molecule has 25 heavy (non-hydrogen) atoms. The molecule has 2 N–H and O–H groups in total. The van der Waals surface area contributed by atoms with E-state index >= 15 is 0 Å². The third kappa shape index (κ3) is 3.46. The summed E-state index contributed by atoms with van der Waals surface area (Å²) < 4.78 is 1.71. The monoisotopic (exact) mass is 341 g/mol. The fraction of sp³-hybridized carbons (Fsp3) is 0.611. The predicted molar refractivity (Wildman–Crippen MR) is 98.8 cm³/mol. The Hall–Kier alpha value is -2.15. The summed E-state index contributed by atoms with van der Waals surface area (Å²) in [5.74, 6) is 1.51. The lowest BCUT2D eigenvalue weighted by molar-refractivity contribution is 0.182. The molecule has 4 rings (SSSR count). The minimum Gasteiger partial charge on any atom is -0.393 e. The summed E-state index contributed by atoms with van der Waals surface area (Å²) >= 11 is 0. The van der Waals surface area contributed by atoms with Gasteiger partial charge in [-0.25, -0.2) is 14.6 Å². The topological polar surface area (TPSA) is 76.1 Å². The molecule has 2 fully saturated rings. The highest BCUT2D eigenvalue weighted by atomic mass is 15.3. The van der Waals surface area contributed by atoms with Crippen molar-refractivity contribution in [1.82, 2.24) is 24.6 Å². The van der Waals surface area contributed by atoms with E-state index in [4.69, 9.17) is 5.73 Å². The first-order valence-corrected chi connectivity index (χ1v) is 9.42. The molecule has 7 nitrogen and oxygen atoms in total. The van der Waals surface area contributed by atoms with Gasteiger partial charge in [-0.05, 0) is 44.8 Å². The van der Waals surface area contributed by atoms with Crippen molar-refractivity contribution >= 4 is 11.5 Å². The van der Waals surface area contributed by atoms with Crippen LogP contribution in [0.2, 0.25) is 0 Å². The van der Waals surface area contributed by atoms with Gasteiger partial charge in [0.05, 0.1) is 0 Å². The van der Waals surface area contributed by atoms with Gasteiger partial charge in [-0.1, -0.05) is 12.8 Å². The zero-order valence-corrected chi connectivity index (χ0v) is 14.7. The Morgan fingerprint density at radius 1 is 0.960 bits per heavy atom. The third-order valence-electron chi connectivity index (χ3n) is 5.42. The van der Waals surface area contributed by atoms with Gasteiger partial charge in [0.1, 0.15) is 12.0 Å². The molecular formula is C18H27N7. The lowest BCUT2D eigenvalue weighted by Crippen LogP contribution is -2.48. The number of hydrogen-bond donors (Lipinski definition) is 1. The Morgan fingerprint density at radius 3 is 2.52 bits per heavy atom. The molecule has 0 bridgehead atoms. The zero-order valence-electron chi connectivity index (χ0n) is 14.7. The van der Waals surface area contributed by atoms with Crippen LogP contribution in [0.5, 0.6) is 0 Å². The van der Waals surface area contributed by atoms with Crippen LogP contribution in [-0.2, 0) is 0 Å². The minimum atomic E-state index is 0.606. The lowest BCUT2D eigenvalue weighted by atomic mass is 10.0. The summed E-state index contributed by atoms with van der Waals surface area (Å²) in [5.41, 5.74) is 7.03. The van der Waals surface area contributed by atoms with Crippen molar-refractivity contribution in [2.24, 2.45) is 0 Å². The highest BCUT2D eigenvalue weighted by Crippen LogP contribution is 2.29. The van der Waals surface area contributed by atoms with Crippen molar-refractivity contribution in [3.05, 3.63) is 24.8 Å². The number of likely N-dealkylation sites (tertiary alicyclic amines) is 1. The summed E-state index contributed by atoms with van der Waals surface area (Å²) in [4.78, 5) is 13.8. The van der Waals surface area contributed by atoms with E-state index in [0.29, 0.717) is 17.5 Å². The summed E-state index contributed by atoms with van der Waals surface area (Å²) in [7, 11) is 0. The van der Waals surface area contributed by atoms with Crippen molar-refractivity contribution in [1.29, 1.82) is 0 Å². The Kier molecular flexibility index (Phi) is 4.83. The molecule has 134 valence electrons. The molecule has 2 aromatic rings. The van der Waals surface area contributed by atoms with E-state index in [9.17, 15) is 0 Å². The van der Waals surface area contributed by atoms with Crippen molar-refractivity contribution in [2.75, 3.05) is 36.8 Å². The van der Waals surface area contributed by atoms with Gasteiger partial charge < -0.3 is 10.6 Å². The molecule has 1 unspecified atom stereocenters. The van der Waals surface area contributed by atoms with Gasteiger partial charge in [0, 0.05) is 31.5 Å². The number of nitrogens with two attached hydrogens (primary N) is 1. The second-order valence-electron chi connectivity index (χ2n) is 7.08. The van der Waals surface area contributed by atoms with E-state index in [1.807, 2.05) is 12.3 Å². The first-order valence-electron chi connectivity index (χ1n) is 9.42. The average Bonchev–Trinajstić information content (AvgIpc) is 3.04. The van der Waals surface area contributed by atoms with Crippen LogP contribution in [0.15, 0.2) is 24.8 Å². The number of hydrogen-bond acceptors (Lipinski definition) is 6. The number of aromatic nitrogens is 4. The lowest BCUT2D eigenvalue weighted by Gasteiger charge is -2.39. The summed E-state index contributed by atoms with van der Waals surface area (Å²) in [6.07, 6.45) is 13.0. The fourth-order valence-electron chi connectivity index (χ4n) is 4.11. The molecule has 2 aliphatic heterocycles. The molecule has 7 heteroatoms. The standard InChI is InChI=1S/C18H27N7/c19-16-17(20-14-21-18(16)25-12-6-8-22-25)24-11-5-7-15(13-24)23-9-3-1-2-4-10-23/h6,8,12,14-15H,1-5,7,9-11,13,19H2. The van der Waals surface area contributed by atoms with E-state index in [1.54, 1.807) is 17.2 Å². The van der Waals surface area contributed by atoms with E-state index < -0.39 is 0 Å². The first kappa shape index (κ1) is 16.3. The van der Waals surface area contributed by atoms with Crippen LogP contribution >= 0.6 is 0 Å². The quantitative estimate of drug-likeness (QED) is 0.921. The second kappa shape index (κ2) is 7.39. The van der Waals surface area contributed by atoms with Crippen molar-refractivity contribution < 1.29 is 0 Å². The number of anilines is 2. The molecule has 0 radical (unpaired) electrons. The van der Waals surface area contributed by atoms with Crippen molar-refractivity contribution in [3.63, 3.8) is 0 Å². The van der Waals surface area contributed by atoms with Crippen LogP contribution in [0.1, 0.15) is 38.5 Å². The molecule has 2 aliphatic rings. The molecule has 2 aromatic heterocycles. The number of rotatable bonds is 3. The maximum Gasteiger partial charge on any atom is 0.181 e. The van der Waals surface area contributed by atoms with Crippen LogP contribution in [-0.4, -0.2) is 56.9 Å². The van der Waals surface area contributed by atoms with Crippen LogP contribution in [0.3, 0.4) is 0 Å². The number of piperidine rings is 1. The second-order valence-corrected chi connectivity index (χ2v) is 7.08. The Morgan fingerprint density at radius 2 is 1.76 bits per heavy atom. The maximum atomic E-state index is 6.41. The van der Waals surface area contributed by atoms with E-state index in [0.717, 1.165) is 18.9 Å². The van der Waals surface area contributed by atoms with Crippen LogP contribution in [0.4, 0.5) is 11.5 Å². The molecule has 0 aliphatic carbocycles. The molecule has 0 spiro atoms. The molecule has 4 heterocycles. The molecule has 2 saturated heterocycles. The molecular weight excluding hydrogens is 314 g/mol. The van der Waals surface area contributed by atoms with Gasteiger partial charge >= 0.3 is 0 Å². The summed E-state index contributed by atoms with van der Waals surface area (Å²) in [5, 5.41) is 4.25. The zero-order chi connectivity index (χ0) is 17.1. The Balaban J connectivity index is 1.54. The molecule has 0 saturated carbocycles. The van der Waals surface area contributed by atoms with E-state index in [1.165, 1.54) is 51.6 Å². The van der Waals surface area contributed by atoms with Gasteiger partial charge in [0.25, 0.3) is 0 Å². The number of nitrogen functional groups attached to an aromatic ring is 1. The molecule has 1 atom stereocenters. The summed E-state index contributed by atoms with van der Waals surface area (Å²) in [6.45, 7) is 4.47. The first-order chi connectivity index (χ1) is 12.3. The van der Waals surface area contributed by atoms with Gasteiger partial charge in [-0.3, -0.25) is 4.90 Å². The smallest absolute Gasteiger partial charge is 0.181 e. The Bertz CT molecular complexity index is 677. The highest BCUT2D eigenvalue weighted by molar-refractivity contribution is 5.70. The van der Waals surface area contributed by atoms with Crippen LogP contribution in [0, 0.1) is 0 Å². The van der Waals surface area contributed by atoms with E-state index in [-0.39, 0.29) is 0 Å². The predicted octanol–water partition coefficient (Wildman–Crippen LogP) is 2.09. The fourth-order valence-corrected chi connectivity index (χ4v) is 4.11. The van der Waals surface area contributed by atoms with Gasteiger partial charge in [0.15, 0.2) is 11.6 Å². The van der Waals surface area contributed by atoms with Crippen molar-refractivity contribution in [2.45, 2.75) is 44.6 Å². The highest BCUT2D eigenvalue weighted by Gasteiger charge is 2.28. The maximum absolute atomic E-state index is 6.41. The van der Waals surface area contributed by atoms with Gasteiger partial charge in [0.2, 0.25) is 0 Å². The van der Waals surface area contributed by atoms with E-state index in [2.05, 4.69) is 24.9 Å². The normalized spacial score (nSPS) is 22.7. The van der Waals surface area contributed by atoms with Gasteiger partial charge in [-0.15, -0.1) is 0 Å². The molecule has 0 aromatic carbocycles. The van der Waals surface area contributed by atoms with Crippen LogP contribution in [0.25, 0.3) is 5.82 Å². The Labute approximate surface area is 148 Å².